The van der Waals surface area contributed by atoms with E-state index >= 15 is 0 Å². The fourth-order valence-electron chi connectivity index (χ4n) is 2.61. The van der Waals surface area contributed by atoms with Crippen LogP contribution in [0, 0.1) is 20.1 Å². The molecule has 2 aromatic rings. The Hall–Kier alpha value is -1.12. The van der Waals surface area contributed by atoms with E-state index in [1.165, 1.54) is 50.9 Å². The van der Waals surface area contributed by atoms with Crippen molar-refractivity contribution >= 4 is 39.3 Å². The maximum atomic E-state index is 10.5. The average molecular weight is 496 g/mol. The second-order valence-electron chi connectivity index (χ2n) is 7.12. The summed E-state index contributed by atoms with van der Waals surface area (Å²) in [6, 6.07) is 12.9. The molecule has 4 N–H and O–H groups in total. The number of nitrogens with two attached hydrogens (primary N) is 2. The SMILES string of the molecule is CCCCCC(=O)OC.Cc1ccc(SSc2ccc(C)cc2CN)c(CN)c1.[CH2]SC. The van der Waals surface area contributed by atoms with Crippen LogP contribution in [0.2, 0.25) is 0 Å². The Morgan fingerprint density at radius 1 is 0.938 bits per heavy atom. The Bertz CT molecular complexity index is 732. The third kappa shape index (κ3) is 13.4. The monoisotopic (exact) mass is 495 g/mol. The van der Waals surface area contributed by atoms with Gasteiger partial charge in [-0.15, -0.1) is 0 Å². The maximum Gasteiger partial charge on any atom is 0.305 e. The van der Waals surface area contributed by atoms with Crippen LogP contribution in [0.4, 0.5) is 0 Å². The lowest BCUT2D eigenvalue weighted by atomic mass is 10.1. The van der Waals surface area contributed by atoms with E-state index in [9.17, 15) is 4.79 Å². The molecule has 0 spiro atoms. The number of benzene rings is 2. The molecule has 0 saturated heterocycles. The second kappa shape index (κ2) is 19.4. The van der Waals surface area contributed by atoms with Crippen LogP contribution in [0.1, 0.15) is 54.9 Å². The molecule has 7 heteroatoms. The Labute approximate surface area is 207 Å². The molecule has 0 bridgehead atoms. The zero-order valence-corrected chi connectivity index (χ0v) is 22.6. The Morgan fingerprint density at radius 3 is 1.72 bits per heavy atom. The van der Waals surface area contributed by atoms with Gasteiger partial charge in [0.2, 0.25) is 0 Å². The average Bonchev–Trinajstić information content (AvgIpc) is 2.79. The number of ether oxygens (including phenoxy) is 1. The standard InChI is InChI=1S/C16H20N2S2.C7H14O2.C2H5S/c1-11-3-5-15(13(7-11)9-17)19-20-16-6-4-12(2)8-14(16)10-18;1-3-4-5-6-7(8)9-2;1-3-2/h3-8H,9-10,17-18H2,1-2H3;3-6H2,1-2H3;1H2,2H3. The molecule has 32 heavy (non-hydrogen) atoms. The van der Waals surface area contributed by atoms with Gasteiger partial charge in [0.15, 0.2) is 0 Å². The van der Waals surface area contributed by atoms with Gasteiger partial charge >= 0.3 is 5.97 Å². The van der Waals surface area contributed by atoms with Gasteiger partial charge in [-0.05, 0) is 49.8 Å². The van der Waals surface area contributed by atoms with E-state index in [2.05, 4.69) is 68.2 Å². The van der Waals surface area contributed by atoms with Gasteiger partial charge in [0, 0.05) is 35.6 Å². The first-order valence-electron chi connectivity index (χ1n) is 10.6. The summed E-state index contributed by atoms with van der Waals surface area (Å²) < 4.78 is 4.46. The van der Waals surface area contributed by atoms with Crippen LogP contribution in [-0.2, 0) is 22.6 Å². The molecule has 0 aliphatic carbocycles. The molecule has 0 unspecified atom stereocenters. The van der Waals surface area contributed by atoms with Crippen LogP contribution in [0.15, 0.2) is 46.2 Å². The fourth-order valence-corrected chi connectivity index (χ4v) is 5.05. The summed E-state index contributed by atoms with van der Waals surface area (Å²) in [6.07, 6.45) is 9.14. The summed E-state index contributed by atoms with van der Waals surface area (Å²) in [5.41, 5.74) is 16.5. The quantitative estimate of drug-likeness (QED) is 0.222. The van der Waals surface area contributed by atoms with E-state index in [1.807, 2.05) is 6.26 Å². The molecule has 0 aliphatic heterocycles. The number of carbonyl (C=O) groups excluding carboxylic acids is 1. The Kier molecular flexibility index (Phi) is 18.7. The number of carbonyl (C=O) groups is 1. The lowest BCUT2D eigenvalue weighted by Gasteiger charge is -2.10. The summed E-state index contributed by atoms with van der Waals surface area (Å²) >= 11 is 1.50. The molecule has 2 aromatic carbocycles. The van der Waals surface area contributed by atoms with Crippen LogP contribution in [-0.4, -0.2) is 19.3 Å². The largest absolute Gasteiger partial charge is 0.469 e. The molecule has 4 nitrogen and oxygen atoms in total. The van der Waals surface area contributed by atoms with Crippen LogP contribution in [0.3, 0.4) is 0 Å². The molecule has 1 radical (unpaired) electrons. The highest BCUT2D eigenvalue weighted by Crippen LogP contribution is 2.40. The minimum atomic E-state index is -0.0940. The summed E-state index contributed by atoms with van der Waals surface area (Å²) in [5.74, 6) is -0.0940. The van der Waals surface area contributed by atoms with Gasteiger partial charge in [-0.2, -0.15) is 11.8 Å². The van der Waals surface area contributed by atoms with Crippen molar-refractivity contribution < 1.29 is 9.53 Å². The highest BCUT2D eigenvalue weighted by Gasteiger charge is 2.07. The molecule has 0 saturated carbocycles. The third-order valence-electron chi connectivity index (χ3n) is 4.31. The minimum absolute atomic E-state index is 0.0940. The molecular weight excluding hydrogens is 456 g/mol. The second-order valence-corrected chi connectivity index (χ2v) is 9.91. The van der Waals surface area contributed by atoms with Crippen LogP contribution < -0.4 is 11.5 Å². The van der Waals surface area contributed by atoms with Crippen molar-refractivity contribution in [1.82, 2.24) is 0 Å². The molecule has 2 rings (SSSR count). The number of aryl methyl sites for hydroxylation is 2. The van der Waals surface area contributed by atoms with E-state index < -0.39 is 0 Å². The van der Waals surface area contributed by atoms with Gasteiger partial charge in [-0.3, -0.25) is 4.79 Å². The summed E-state index contributed by atoms with van der Waals surface area (Å²) in [6.45, 7) is 7.43. The van der Waals surface area contributed by atoms with Crippen molar-refractivity contribution in [1.29, 1.82) is 0 Å². The molecule has 0 fully saturated rings. The van der Waals surface area contributed by atoms with Crippen molar-refractivity contribution in [2.24, 2.45) is 11.5 Å². The first-order valence-corrected chi connectivity index (χ1v) is 14.2. The molecule has 179 valence electrons. The number of esters is 1. The number of hydrogen-bond donors (Lipinski definition) is 2. The van der Waals surface area contributed by atoms with E-state index in [0.717, 1.165) is 19.3 Å². The predicted octanol–water partition coefficient (Wildman–Crippen LogP) is 6.90. The van der Waals surface area contributed by atoms with Gasteiger partial charge in [-0.25, -0.2) is 0 Å². The van der Waals surface area contributed by atoms with E-state index in [-0.39, 0.29) is 5.97 Å². The van der Waals surface area contributed by atoms with Crippen molar-refractivity contribution in [2.45, 2.75) is 69.3 Å². The van der Waals surface area contributed by atoms with Gasteiger partial charge in [0.1, 0.15) is 0 Å². The summed E-state index contributed by atoms with van der Waals surface area (Å²) in [4.78, 5) is 12.9. The summed E-state index contributed by atoms with van der Waals surface area (Å²) in [5, 5.41) is 0. The van der Waals surface area contributed by atoms with Crippen molar-refractivity contribution in [3.8, 4) is 0 Å². The number of unbranched alkanes of at least 4 members (excludes halogenated alkanes) is 2. The highest BCUT2D eigenvalue weighted by atomic mass is 33.1. The van der Waals surface area contributed by atoms with Crippen molar-refractivity contribution in [3.05, 3.63) is 64.9 Å². The van der Waals surface area contributed by atoms with Gasteiger partial charge in [-0.1, -0.05) is 76.7 Å². The molecule has 0 heterocycles. The number of methoxy groups -OCH3 is 1. The number of rotatable bonds is 9. The van der Waals surface area contributed by atoms with E-state index in [1.54, 1.807) is 21.6 Å². The molecule has 0 aromatic heterocycles. The zero-order chi connectivity index (χ0) is 24.4. The van der Waals surface area contributed by atoms with Crippen LogP contribution in [0.25, 0.3) is 0 Å². The maximum absolute atomic E-state index is 10.5. The lowest BCUT2D eigenvalue weighted by molar-refractivity contribution is -0.140. The fraction of sp³-hybridized carbons (Fsp3) is 0.440. The van der Waals surface area contributed by atoms with E-state index in [0.29, 0.717) is 19.5 Å². The molecule has 0 atom stereocenters. The Morgan fingerprint density at radius 2 is 1.38 bits per heavy atom. The lowest BCUT2D eigenvalue weighted by Crippen LogP contribution is -1.99. The van der Waals surface area contributed by atoms with Crippen molar-refractivity contribution in [3.63, 3.8) is 0 Å². The third-order valence-corrected chi connectivity index (χ3v) is 6.87. The first kappa shape index (κ1) is 30.9. The van der Waals surface area contributed by atoms with Gasteiger partial charge in [0.25, 0.3) is 0 Å². The first-order chi connectivity index (χ1) is 15.4. The van der Waals surface area contributed by atoms with Gasteiger partial charge < -0.3 is 16.2 Å². The topological polar surface area (TPSA) is 78.3 Å². The van der Waals surface area contributed by atoms with Crippen LogP contribution in [0.5, 0.6) is 0 Å². The molecule has 0 aliphatic rings. The molecular formula is C25H39N2O2S3. The number of hydrogen-bond acceptors (Lipinski definition) is 7. The highest BCUT2D eigenvalue weighted by molar-refractivity contribution is 8.76. The number of thioether (sulfide) groups is 1. The normalized spacial score (nSPS) is 9.88. The smallest absolute Gasteiger partial charge is 0.305 e. The van der Waals surface area contributed by atoms with Gasteiger partial charge in [0.05, 0.1) is 7.11 Å². The van der Waals surface area contributed by atoms with Crippen molar-refractivity contribution in [2.75, 3.05) is 13.4 Å². The Balaban J connectivity index is 0.000000672. The predicted molar refractivity (Wildman–Crippen MR) is 145 cm³/mol. The van der Waals surface area contributed by atoms with E-state index in [4.69, 9.17) is 11.5 Å². The zero-order valence-electron chi connectivity index (χ0n) is 20.1. The summed E-state index contributed by atoms with van der Waals surface area (Å²) in [7, 11) is 4.92. The minimum Gasteiger partial charge on any atom is -0.469 e. The molecule has 0 amide bonds. The van der Waals surface area contributed by atoms with Crippen LogP contribution >= 0.6 is 33.3 Å².